The maximum Gasteiger partial charge on any atom is 0.330 e. The third-order valence-corrected chi connectivity index (χ3v) is 2.51. The molecular formula is C9H16O2S. The molecule has 0 bridgehead atoms. The molecule has 0 fully saturated rings. The quantitative estimate of drug-likeness (QED) is 0.493. The molecule has 0 aliphatic carbocycles. The second-order valence-electron chi connectivity index (χ2n) is 2.56. The number of unbranched alkanes of at least 4 members (excludes halogenated alkanes) is 1. The molecule has 0 aromatic rings. The van der Waals surface area contributed by atoms with Crippen LogP contribution in [0, 0.1) is 0 Å². The summed E-state index contributed by atoms with van der Waals surface area (Å²) >= 11 is 1.89. The molecule has 70 valence electrons. The van der Waals surface area contributed by atoms with Gasteiger partial charge in [-0.15, -0.1) is 0 Å². The average Bonchev–Trinajstić information content (AvgIpc) is 2.03. The summed E-state index contributed by atoms with van der Waals surface area (Å²) in [4.78, 5) is 10.3. The molecule has 0 rings (SSSR count). The summed E-state index contributed by atoms with van der Waals surface area (Å²) in [5.74, 6) is 1.40. The summed E-state index contributed by atoms with van der Waals surface area (Å²) in [7, 11) is 0. The summed E-state index contributed by atoms with van der Waals surface area (Å²) in [6.45, 7) is 5.59. The lowest BCUT2D eigenvalue weighted by atomic mass is 10.1. The summed E-state index contributed by atoms with van der Waals surface area (Å²) in [6, 6.07) is 0. The van der Waals surface area contributed by atoms with E-state index in [1.54, 1.807) is 0 Å². The summed E-state index contributed by atoms with van der Waals surface area (Å²) < 4.78 is 0. The fourth-order valence-corrected chi connectivity index (χ4v) is 1.49. The Morgan fingerprint density at radius 2 is 2.17 bits per heavy atom. The third kappa shape index (κ3) is 6.28. The summed E-state index contributed by atoms with van der Waals surface area (Å²) in [5.41, 5.74) is 0.330. The second-order valence-corrected chi connectivity index (χ2v) is 3.96. The van der Waals surface area contributed by atoms with Crippen molar-refractivity contribution >= 4 is 17.7 Å². The molecule has 12 heavy (non-hydrogen) atoms. The summed E-state index contributed by atoms with van der Waals surface area (Å²) in [6.07, 6.45) is 2.66. The van der Waals surface area contributed by atoms with Crippen LogP contribution < -0.4 is 0 Å². The molecular weight excluding hydrogens is 172 g/mol. The van der Waals surface area contributed by atoms with Gasteiger partial charge in [0.15, 0.2) is 0 Å². The highest BCUT2D eigenvalue weighted by molar-refractivity contribution is 7.99. The van der Waals surface area contributed by atoms with Crippen LogP contribution in [0.25, 0.3) is 0 Å². The SMILES string of the molecule is C=C(CCCCSCC)C(=O)O. The Hall–Kier alpha value is -0.440. The van der Waals surface area contributed by atoms with Gasteiger partial charge in [0.1, 0.15) is 0 Å². The molecule has 0 aromatic heterocycles. The Morgan fingerprint density at radius 3 is 2.67 bits per heavy atom. The lowest BCUT2D eigenvalue weighted by Gasteiger charge is -1.99. The topological polar surface area (TPSA) is 37.3 Å². The van der Waals surface area contributed by atoms with Crippen molar-refractivity contribution in [2.75, 3.05) is 11.5 Å². The number of hydrogen-bond donors (Lipinski definition) is 1. The molecule has 0 radical (unpaired) electrons. The van der Waals surface area contributed by atoms with Crippen LogP contribution in [0.3, 0.4) is 0 Å². The minimum Gasteiger partial charge on any atom is -0.478 e. The number of carboxylic acid groups (broad SMARTS) is 1. The van der Waals surface area contributed by atoms with E-state index in [9.17, 15) is 4.79 Å². The number of aliphatic carboxylic acids is 1. The van der Waals surface area contributed by atoms with E-state index >= 15 is 0 Å². The van der Waals surface area contributed by atoms with Crippen molar-refractivity contribution in [3.05, 3.63) is 12.2 Å². The van der Waals surface area contributed by atoms with Crippen LogP contribution in [0.15, 0.2) is 12.2 Å². The van der Waals surface area contributed by atoms with E-state index in [1.807, 2.05) is 11.8 Å². The van der Waals surface area contributed by atoms with Gasteiger partial charge in [0.2, 0.25) is 0 Å². The number of hydrogen-bond acceptors (Lipinski definition) is 2. The van der Waals surface area contributed by atoms with E-state index in [4.69, 9.17) is 5.11 Å². The van der Waals surface area contributed by atoms with Crippen LogP contribution in [0.5, 0.6) is 0 Å². The minimum atomic E-state index is -0.863. The van der Waals surface area contributed by atoms with Crippen molar-refractivity contribution in [1.82, 2.24) is 0 Å². The first-order chi connectivity index (χ1) is 5.68. The molecule has 0 saturated heterocycles. The zero-order chi connectivity index (χ0) is 9.40. The van der Waals surface area contributed by atoms with Gasteiger partial charge < -0.3 is 5.11 Å². The van der Waals surface area contributed by atoms with Crippen molar-refractivity contribution in [2.45, 2.75) is 26.2 Å². The number of thioether (sulfide) groups is 1. The Labute approximate surface area is 78.0 Å². The van der Waals surface area contributed by atoms with E-state index in [2.05, 4.69) is 13.5 Å². The first-order valence-corrected chi connectivity index (χ1v) is 5.32. The molecule has 0 saturated carbocycles. The highest BCUT2D eigenvalue weighted by Crippen LogP contribution is 2.09. The van der Waals surface area contributed by atoms with Crippen molar-refractivity contribution in [1.29, 1.82) is 0 Å². The molecule has 0 amide bonds. The molecule has 0 aromatic carbocycles. The van der Waals surface area contributed by atoms with Crippen LogP contribution in [0.4, 0.5) is 0 Å². The fraction of sp³-hybridized carbons (Fsp3) is 0.667. The molecule has 0 unspecified atom stereocenters. The summed E-state index contributed by atoms with van der Waals surface area (Å²) in [5, 5.41) is 8.48. The molecule has 3 heteroatoms. The highest BCUT2D eigenvalue weighted by atomic mass is 32.2. The van der Waals surface area contributed by atoms with Crippen LogP contribution in [-0.2, 0) is 4.79 Å². The predicted octanol–water partition coefficient (Wildman–Crippen LogP) is 2.55. The van der Waals surface area contributed by atoms with Gasteiger partial charge in [-0.3, -0.25) is 0 Å². The molecule has 0 atom stereocenters. The van der Waals surface area contributed by atoms with Crippen LogP contribution in [-0.4, -0.2) is 22.6 Å². The zero-order valence-corrected chi connectivity index (χ0v) is 8.32. The maximum atomic E-state index is 10.3. The number of carboxylic acids is 1. The minimum absolute atomic E-state index is 0.330. The van der Waals surface area contributed by atoms with Gasteiger partial charge in [-0.25, -0.2) is 4.79 Å². The van der Waals surface area contributed by atoms with E-state index in [1.165, 1.54) is 0 Å². The average molecular weight is 188 g/mol. The van der Waals surface area contributed by atoms with E-state index in [0.29, 0.717) is 12.0 Å². The number of rotatable bonds is 7. The van der Waals surface area contributed by atoms with Gasteiger partial charge in [-0.1, -0.05) is 13.5 Å². The van der Waals surface area contributed by atoms with Gasteiger partial charge in [0, 0.05) is 5.57 Å². The molecule has 0 aliphatic rings. The van der Waals surface area contributed by atoms with Gasteiger partial charge in [-0.05, 0) is 30.8 Å². The standard InChI is InChI=1S/C9H16O2S/c1-3-12-7-5-4-6-8(2)9(10)11/h2-7H2,1H3,(H,10,11). The first-order valence-electron chi connectivity index (χ1n) is 4.17. The zero-order valence-electron chi connectivity index (χ0n) is 7.51. The Morgan fingerprint density at radius 1 is 1.50 bits per heavy atom. The molecule has 1 N–H and O–H groups in total. The van der Waals surface area contributed by atoms with Crippen molar-refractivity contribution in [2.24, 2.45) is 0 Å². The monoisotopic (exact) mass is 188 g/mol. The number of carbonyl (C=O) groups is 1. The van der Waals surface area contributed by atoms with Crippen LogP contribution in [0.1, 0.15) is 26.2 Å². The van der Waals surface area contributed by atoms with Crippen molar-refractivity contribution in [3.63, 3.8) is 0 Å². The molecule has 0 spiro atoms. The van der Waals surface area contributed by atoms with Gasteiger partial charge in [0.05, 0.1) is 0 Å². The van der Waals surface area contributed by atoms with E-state index in [0.717, 1.165) is 24.3 Å². The second kappa shape index (κ2) is 7.22. The van der Waals surface area contributed by atoms with Crippen LogP contribution >= 0.6 is 11.8 Å². The Kier molecular flexibility index (Phi) is 6.96. The molecule has 2 nitrogen and oxygen atoms in total. The van der Waals surface area contributed by atoms with Gasteiger partial charge >= 0.3 is 5.97 Å². The highest BCUT2D eigenvalue weighted by Gasteiger charge is 2.01. The Bertz CT molecular complexity index is 155. The third-order valence-electron chi connectivity index (χ3n) is 1.52. The van der Waals surface area contributed by atoms with Crippen molar-refractivity contribution in [3.8, 4) is 0 Å². The van der Waals surface area contributed by atoms with Crippen molar-refractivity contribution < 1.29 is 9.90 Å². The smallest absolute Gasteiger partial charge is 0.330 e. The van der Waals surface area contributed by atoms with Gasteiger partial charge in [0.25, 0.3) is 0 Å². The van der Waals surface area contributed by atoms with Crippen LogP contribution in [0.2, 0.25) is 0 Å². The van der Waals surface area contributed by atoms with E-state index < -0.39 is 5.97 Å². The van der Waals surface area contributed by atoms with E-state index in [-0.39, 0.29) is 0 Å². The lowest BCUT2D eigenvalue weighted by molar-refractivity contribution is -0.132. The maximum absolute atomic E-state index is 10.3. The largest absolute Gasteiger partial charge is 0.478 e. The fourth-order valence-electron chi connectivity index (χ4n) is 0.794. The molecule has 0 heterocycles. The first kappa shape index (κ1) is 11.6. The molecule has 0 aliphatic heterocycles. The predicted molar refractivity (Wildman–Crippen MR) is 53.6 cm³/mol. The Balaban J connectivity index is 3.20. The lowest BCUT2D eigenvalue weighted by Crippen LogP contribution is -1.98. The van der Waals surface area contributed by atoms with Gasteiger partial charge in [-0.2, -0.15) is 11.8 Å². The normalized spacial score (nSPS) is 9.75.